The zero-order chi connectivity index (χ0) is 22.1. The van der Waals surface area contributed by atoms with E-state index >= 15 is 0 Å². The maximum absolute atomic E-state index is 12.5. The van der Waals surface area contributed by atoms with Gasteiger partial charge < -0.3 is 15.4 Å². The summed E-state index contributed by atoms with van der Waals surface area (Å²) in [7, 11) is -3.89. The number of likely N-dealkylation sites (N-methyl/N-ethyl adjacent to an activating group) is 1. The molecule has 8 nitrogen and oxygen atoms in total. The zero-order valence-corrected chi connectivity index (χ0v) is 18.2. The van der Waals surface area contributed by atoms with Crippen LogP contribution < -0.4 is 20.1 Å². The van der Waals surface area contributed by atoms with Gasteiger partial charge in [-0.3, -0.25) is 9.59 Å². The molecule has 2 rings (SSSR count). The first-order chi connectivity index (χ1) is 14.2. The number of ether oxygens (including phenoxy) is 1. The molecule has 0 heterocycles. The third-order valence-corrected chi connectivity index (χ3v) is 5.78. The lowest BCUT2D eigenvalue weighted by molar-refractivity contribution is -0.122. The Morgan fingerprint density at radius 1 is 1.13 bits per heavy atom. The average Bonchev–Trinajstić information content (AvgIpc) is 2.72. The molecule has 0 spiro atoms. The van der Waals surface area contributed by atoms with E-state index in [-0.39, 0.29) is 34.5 Å². The van der Waals surface area contributed by atoms with Crippen molar-refractivity contribution in [3.8, 4) is 5.75 Å². The summed E-state index contributed by atoms with van der Waals surface area (Å²) in [5.41, 5.74) is -0.0452. The van der Waals surface area contributed by atoms with Gasteiger partial charge in [0.15, 0.2) is 0 Å². The van der Waals surface area contributed by atoms with Crippen LogP contribution >= 0.6 is 11.6 Å². The number of carbonyl (C=O) groups is 2. The van der Waals surface area contributed by atoms with Crippen LogP contribution in [0, 0.1) is 0 Å². The first-order valence-corrected chi connectivity index (χ1v) is 11.2. The highest BCUT2D eigenvalue weighted by Gasteiger charge is 2.21. The van der Waals surface area contributed by atoms with Crippen LogP contribution in [-0.4, -0.2) is 46.0 Å². The molecule has 0 radical (unpaired) electrons. The van der Waals surface area contributed by atoms with E-state index in [4.69, 9.17) is 16.3 Å². The predicted octanol–water partition coefficient (Wildman–Crippen LogP) is 1.95. The maximum Gasteiger partial charge on any atom is 0.253 e. The second-order valence-electron chi connectivity index (χ2n) is 6.29. The molecular weight excluding hydrogens is 430 g/mol. The molecule has 2 aromatic rings. The van der Waals surface area contributed by atoms with Gasteiger partial charge in [0.2, 0.25) is 15.9 Å². The van der Waals surface area contributed by atoms with Crippen LogP contribution in [0.15, 0.2) is 53.4 Å². The lowest BCUT2D eigenvalue weighted by Crippen LogP contribution is -2.44. The van der Waals surface area contributed by atoms with E-state index in [2.05, 4.69) is 15.4 Å². The van der Waals surface area contributed by atoms with Crippen molar-refractivity contribution in [1.82, 2.24) is 15.4 Å². The van der Waals surface area contributed by atoms with E-state index in [9.17, 15) is 18.0 Å². The minimum atomic E-state index is -3.89. The van der Waals surface area contributed by atoms with Gasteiger partial charge in [-0.25, -0.2) is 13.1 Å². The Morgan fingerprint density at radius 2 is 1.83 bits per heavy atom. The third-order valence-electron chi connectivity index (χ3n) is 3.99. The lowest BCUT2D eigenvalue weighted by atomic mass is 10.2. The number of sulfonamides is 1. The highest BCUT2D eigenvalue weighted by molar-refractivity contribution is 7.89. The molecule has 2 aromatic carbocycles. The van der Waals surface area contributed by atoms with Crippen LogP contribution in [0.3, 0.4) is 0 Å². The lowest BCUT2D eigenvalue weighted by Gasteiger charge is -2.15. The zero-order valence-electron chi connectivity index (χ0n) is 16.6. The Morgan fingerprint density at radius 3 is 2.50 bits per heavy atom. The Balaban J connectivity index is 2.03. The molecule has 0 bridgehead atoms. The fraction of sp³-hybridized carbons (Fsp3) is 0.300. The minimum absolute atomic E-state index is 0.0373. The number of amides is 2. The van der Waals surface area contributed by atoms with Gasteiger partial charge in [0, 0.05) is 13.1 Å². The van der Waals surface area contributed by atoms with Crippen LogP contribution in [0.5, 0.6) is 5.75 Å². The number of nitrogens with one attached hydrogen (secondary N) is 3. The predicted molar refractivity (Wildman–Crippen MR) is 114 cm³/mol. The van der Waals surface area contributed by atoms with E-state index < -0.39 is 22.0 Å². The number of hydrogen-bond acceptors (Lipinski definition) is 5. The quantitative estimate of drug-likeness (QED) is 0.476. The Labute approximate surface area is 181 Å². The van der Waals surface area contributed by atoms with Crippen LogP contribution in [0.25, 0.3) is 0 Å². The molecule has 0 aliphatic carbocycles. The number of para-hydroxylation sites is 1. The summed E-state index contributed by atoms with van der Waals surface area (Å²) < 4.78 is 32.9. The SMILES string of the molecule is CCNC(=O)C(C)NC(=O)c1cc(S(=O)(=O)NCCOc2ccccc2)ccc1Cl. The van der Waals surface area contributed by atoms with Crippen molar-refractivity contribution in [2.75, 3.05) is 19.7 Å². The molecule has 30 heavy (non-hydrogen) atoms. The van der Waals surface area contributed by atoms with E-state index in [1.807, 2.05) is 18.2 Å². The summed E-state index contributed by atoms with van der Waals surface area (Å²) in [4.78, 5) is 24.1. The van der Waals surface area contributed by atoms with E-state index in [0.29, 0.717) is 12.3 Å². The van der Waals surface area contributed by atoms with Gasteiger partial charge >= 0.3 is 0 Å². The van der Waals surface area contributed by atoms with Gasteiger partial charge in [-0.05, 0) is 44.2 Å². The van der Waals surface area contributed by atoms with Crippen LogP contribution in [0.2, 0.25) is 5.02 Å². The minimum Gasteiger partial charge on any atom is -0.492 e. The number of halogens is 1. The third kappa shape index (κ3) is 6.72. The van der Waals surface area contributed by atoms with Crippen LogP contribution in [0.1, 0.15) is 24.2 Å². The molecule has 0 aromatic heterocycles. The number of rotatable bonds is 10. The highest BCUT2D eigenvalue weighted by Crippen LogP contribution is 2.20. The maximum atomic E-state index is 12.5. The van der Waals surface area contributed by atoms with Gasteiger partial charge in [0.05, 0.1) is 15.5 Å². The monoisotopic (exact) mass is 453 g/mol. The smallest absolute Gasteiger partial charge is 0.253 e. The van der Waals surface area contributed by atoms with Crippen LogP contribution in [-0.2, 0) is 14.8 Å². The topological polar surface area (TPSA) is 114 Å². The van der Waals surface area contributed by atoms with E-state index in [1.165, 1.54) is 25.1 Å². The molecule has 2 amide bonds. The summed E-state index contributed by atoms with van der Waals surface area (Å²) in [6, 6.07) is 12.0. The summed E-state index contributed by atoms with van der Waals surface area (Å²) in [5, 5.41) is 5.16. The van der Waals surface area contributed by atoms with Gasteiger partial charge in [-0.2, -0.15) is 0 Å². The second-order valence-corrected chi connectivity index (χ2v) is 8.46. The van der Waals surface area contributed by atoms with Crippen molar-refractivity contribution >= 4 is 33.4 Å². The van der Waals surface area contributed by atoms with Crippen molar-refractivity contribution < 1.29 is 22.7 Å². The second kappa shape index (κ2) is 11.0. The molecule has 3 N–H and O–H groups in total. The number of benzene rings is 2. The summed E-state index contributed by atoms with van der Waals surface area (Å²) >= 11 is 6.06. The highest BCUT2D eigenvalue weighted by atomic mass is 35.5. The van der Waals surface area contributed by atoms with Crippen LogP contribution in [0.4, 0.5) is 0 Å². The van der Waals surface area contributed by atoms with Crippen molar-refractivity contribution in [3.63, 3.8) is 0 Å². The molecule has 0 saturated carbocycles. The molecule has 0 aliphatic heterocycles. The Bertz CT molecular complexity index is 983. The first-order valence-electron chi connectivity index (χ1n) is 9.30. The van der Waals surface area contributed by atoms with Crippen molar-refractivity contribution in [2.24, 2.45) is 0 Å². The molecular formula is C20H24ClN3O5S. The molecule has 1 unspecified atom stereocenters. The summed E-state index contributed by atoms with van der Waals surface area (Å²) in [6.07, 6.45) is 0. The van der Waals surface area contributed by atoms with Gasteiger partial charge in [0.1, 0.15) is 18.4 Å². The number of carbonyl (C=O) groups excluding carboxylic acids is 2. The largest absolute Gasteiger partial charge is 0.492 e. The first kappa shape index (κ1) is 23.7. The summed E-state index contributed by atoms with van der Waals surface area (Å²) in [5.74, 6) is -0.377. The van der Waals surface area contributed by atoms with Crippen molar-refractivity contribution in [2.45, 2.75) is 24.8 Å². The van der Waals surface area contributed by atoms with Gasteiger partial charge in [-0.15, -0.1) is 0 Å². The molecule has 162 valence electrons. The number of hydrogen-bond donors (Lipinski definition) is 3. The molecule has 0 fully saturated rings. The van der Waals surface area contributed by atoms with Gasteiger partial charge in [-0.1, -0.05) is 29.8 Å². The Hall–Kier alpha value is -2.62. The average molecular weight is 454 g/mol. The fourth-order valence-electron chi connectivity index (χ4n) is 2.46. The van der Waals surface area contributed by atoms with Crippen molar-refractivity contribution in [1.29, 1.82) is 0 Å². The fourth-order valence-corrected chi connectivity index (χ4v) is 3.70. The summed E-state index contributed by atoms with van der Waals surface area (Å²) in [6.45, 7) is 3.87. The Kier molecular flexibility index (Phi) is 8.64. The van der Waals surface area contributed by atoms with Crippen molar-refractivity contribution in [3.05, 3.63) is 59.1 Å². The molecule has 1 atom stereocenters. The molecule has 0 saturated heterocycles. The van der Waals surface area contributed by atoms with E-state index in [0.717, 1.165) is 0 Å². The molecule has 0 aliphatic rings. The molecule has 10 heteroatoms. The standard InChI is InChI=1S/C20H24ClN3O5S/c1-3-22-19(25)14(2)24-20(26)17-13-16(9-10-18(17)21)30(27,28)23-11-12-29-15-7-5-4-6-8-15/h4-10,13-14,23H,3,11-12H2,1-2H3,(H,22,25)(H,24,26). The van der Waals surface area contributed by atoms with E-state index in [1.54, 1.807) is 19.1 Å². The normalized spacial score (nSPS) is 12.1. The van der Waals surface area contributed by atoms with Gasteiger partial charge in [0.25, 0.3) is 5.91 Å².